The van der Waals surface area contributed by atoms with Gasteiger partial charge in [-0.25, -0.2) is 4.39 Å². The third-order valence-electron chi connectivity index (χ3n) is 3.58. The summed E-state index contributed by atoms with van der Waals surface area (Å²) in [5.74, 6) is -0.301. The summed E-state index contributed by atoms with van der Waals surface area (Å²) in [7, 11) is 0. The van der Waals surface area contributed by atoms with E-state index in [9.17, 15) is 4.39 Å². The monoisotopic (exact) mass is 208 g/mol. The van der Waals surface area contributed by atoms with Gasteiger partial charge in [0.1, 0.15) is 5.82 Å². The highest BCUT2D eigenvalue weighted by atomic mass is 19.1. The normalized spacial score (nSPS) is 21.5. The van der Waals surface area contributed by atoms with Crippen LogP contribution in [-0.4, -0.2) is 4.98 Å². The van der Waals surface area contributed by atoms with Gasteiger partial charge in [-0.2, -0.15) is 0 Å². The summed E-state index contributed by atoms with van der Waals surface area (Å²) in [4.78, 5) is 3.85. The topological polar surface area (TPSA) is 38.9 Å². The number of hydrogen-bond acceptors (Lipinski definition) is 2. The van der Waals surface area contributed by atoms with Gasteiger partial charge < -0.3 is 5.73 Å². The number of rotatable bonds is 2. The van der Waals surface area contributed by atoms with Crippen molar-refractivity contribution in [2.75, 3.05) is 0 Å². The molecule has 0 bridgehead atoms. The molecule has 1 aliphatic carbocycles. The number of nitrogens with two attached hydrogens (primary N) is 1. The van der Waals surface area contributed by atoms with Gasteiger partial charge in [-0.15, -0.1) is 0 Å². The van der Waals surface area contributed by atoms with Gasteiger partial charge in [0.25, 0.3) is 0 Å². The van der Waals surface area contributed by atoms with Crippen molar-refractivity contribution in [2.45, 2.75) is 38.6 Å². The summed E-state index contributed by atoms with van der Waals surface area (Å²) in [5, 5.41) is 0. The summed E-state index contributed by atoms with van der Waals surface area (Å²) >= 11 is 0. The van der Waals surface area contributed by atoms with Crippen LogP contribution in [0, 0.1) is 11.2 Å². The van der Waals surface area contributed by atoms with E-state index in [4.69, 9.17) is 5.73 Å². The van der Waals surface area contributed by atoms with Crippen molar-refractivity contribution in [2.24, 2.45) is 11.1 Å². The van der Waals surface area contributed by atoms with Gasteiger partial charge in [0.05, 0.1) is 6.20 Å². The van der Waals surface area contributed by atoms with Crippen molar-refractivity contribution in [3.8, 4) is 0 Å². The lowest BCUT2D eigenvalue weighted by Gasteiger charge is -2.31. The quantitative estimate of drug-likeness (QED) is 0.811. The Morgan fingerprint density at radius 3 is 2.67 bits per heavy atom. The number of halogens is 1. The van der Waals surface area contributed by atoms with Crippen LogP contribution in [0.15, 0.2) is 18.5 Å². The zero-order valence-corrected chi connectivity index (χ0v) is 9.04. The third kappa shape index (κ3) is 2.02. The molecular formula is C12H17FN2. The number of nitrogens with zero attached hydrogens (tertiary/aromatic N) is 1. The van der Waals surface area contributed by atoms with E-state index in [-0.39, 0.29) is 17.3 Å². The van der Waals surface area contributed by atoms with Crippen molar-refractivity contribution >= 4 is 0 Å². The second-order valence-corrected chi connectivity index (χ2v) is 4.78. The zero-order chi connectivity index (χ0) is 10.9. The van der Waals surface area contributed by atoms with Crippen LogP contribution in [0.2, 0.25) is 0 Å². The first-order valence-corrected chi connectivity index (χ1v) is 5.48. The molecule has 2 nitrogen and oxygen atoms in total. The van der Waals surface area contributed by atoms with Crippen molar-refractivity contribution in [3.05, 3.63) is 29.8 Å². The minimum Gasteiger partial charge on any atom is -0.323 e. The molecule has 2 rings (SSSR count). The number of hydrogen-bond donors (Lipinski definition) is 1. The lowest BCUT2D eigenvalue weighted by Crippen LogP contribution is -2.29. The molecule has 1 aromatic rings. The second kappa shape index (κ2) is 3.89. The SMILES string of the molecule is CC1(C(N)c2cncc(F)c2)CCCC1. The van der Waals surface area contributed by atoms with Crippen molar-refractivity contribution in [3.63, 3.8) is 0 Å². The molecule has 1 aliphatic rings. The van der Waals surface area contributed by atoms with Gasteiger partial charge in [0, 0.05) is 12.2 Å². The molecule has 0 amide bonds. The van der Waals surface area contributed by atoms with Crippen LogP contribution < -0.4 is 5.73 Å². The molecule has 3 heteroatoms. The van der Waals surface area contributed by atoms with E-state index in [2.05, 4.69) is 11.9 Å². The number of aromatic nitrogens is 1. The Hall–Kier alpha value is -0.960. The molecule has 1 fully saturated rings. The van der Waals surface area contributed by atoms with Crippen LogP contribution in [0.1, 0.15) is 44.2 Å². The van der Waals surface area contributed by atoms with Gasteiger partial charge in [-0.3, -0.25) is 4.98 Å². The Kier molecular flexibility index (Phi) is 2.74. The van der Waals surface area contributed by atoms with Crippen LogP contribution in [0.5, 0.6) is 0 Å². The van der Waals surface area contributed by atoms with E-state index in [0.29, 0.717) is 0 Å². The molecule has 0 saturated heterocycles. The van der Waals surface area contributed by atoms with E-state index >= 15 is 0 Å². The second-order valence-electron chi connectivity index (χ2n) is 4.78. The lowest BCUT2D eigenvalue weighted by atomic mass is 9.78. The maximum atomic E-state index is 13.0. The molecule has 2 N–H and O–H groups in total. The summed E-state index contributed by atoms with van der Waals surface area (Å²) < 4.78 is 13.0. The molecule has 1 aromatic heterocycles. The lowest BCUT2D eigenvalue weighted by molar-refractivity contribution is 0.264. The Morgan fingerprint density at radius 1 is 1.40 bits per heavy atom. The number of pyridine rings is 1. The zero-order valence-electron chi connectivity index (χ0n) is 9.04. The first kappa shape index (κ1) is 10.6. The van der Waals surface area contributed by atoms with Crippen molar-refractivity contribution < 1.29 is 4.39 Å². The van der Waals surface area contributed by atoms with Crippen molar-refractivity contribution in [1.29, 1.82) is 0 Å². The molecule has 1 unspecified atom stereocenters. The minimum absolute atomic E-state index is 0.0943. The molecule has 0 radical (unpaired) electrons. The predicted molar refractivity (Wildman–Crippen MR) is 57.7 cm³/mol. The van der Waals surface area contributed by atoms with Gasteiger partial charge in [0.15, 0.2) is 0 Å². The fourth-order valence-electron chi connectivity index (χ4n) is 2.49. The molecule has 1 saturated carbocycles. The summed E-state index contributed by atoms with van der Waals surface area (Å²) in [5.41, 5.74) is 7.14. The standard InChI is InChI=1S/C12H17FN2/c1-12(4-2-3-5-12)11(14)9-6-10(13)8-15-7-9/h6-8,11H,2-5,14H2,1H3. The predicted octanol–water partition coefficient (Wildman–Crippen LogP) is 2.80. The Bertz CT molecular complexity index is 345. The smallest absolute Gasteiger partial charge is 0.141 e. The van der Waals surface area contributed by atoms with E-state index in [1.807, 2.05) is 0 Å². The highest BCUT2D eigenvalue weighted by Gasteiger charge is 2.35. The van der Waals surface area contributed by atoms with E-state index < -0.39 is 0 Å². The molecule has 0 aromatic carbocycles. The van der Waals surface area contributed by atoms with E-state index in [0.717, 1.165) is 18.4 Å². The fourth-order valence-corrected chi connectivity index (χ4v) is 2.49. The largest absolute Gasteiger partial charge is 0.323 e. The first-order valence-electron chi connectivity index (χ1n) is 5.48. The highest BCUT2D eigenvalue weighted by molar-refractivity contribution is 5.18. The summed E-state index contributed by atoms with van der Waals surface area (Å²) in [6.45, 7) is 2.19. The summed E-state index contributed by atoms with van der Waals surface area (Å²) in [6.07, 6.45) is 7.61. The Balaban J connectivity index is 2.23. The van der Waals surface area contributed by atoms with Crippen LogP contribution in [0.3, 0.4) is 0 Å². The van der Waals surface area contributed by atoms with Gasteiger partial charge in [-0.05, 0) is 29.9 Å². The summed E-state index contributed by atoms with van der Waals surface area (Å²) in [6, 6.07) is 1.41. The average molecular weight is 208 g/mol. The van der Waals surface area contributed by atoms with E-state index in [1.54, 1.807) is 6.20 Å². The molecule has 0 aliphatic heterocycles. The molecule has 82 valence electrons. The maximum Gasteiger partial charge on any atom is 0.141 e. The van der Waals surface area contributed by atoms with Crippen LogP contribution in [-0.2, 0) is 0 Å². The molecular weight excluding hydrogens is 191 g/mol. The molecule has 15 heavy (non-hydrogen) atoms. The molecule has 1 heterocycles. The third-order valence-corrected chi connectivity index (χ3v) is 3.58. The Morgan fingerprint density at radius 2 is 2.07 bits per heavy atom. The molecule has 1 atom stereocenters. The maximum absolute atomic E-state index is 13.0. The van der Waals surface area contributed by atoms with Crippen LogP contribution >= 0.6 is 0 Å². The first-order chi connectivity index (χ1) is 7.12. The van der Waals surface area contributed by atoms with Gasteiger partial charge in [-0.1, -0.05) is 19.8 Å². The van der Waals surface area contributed by atoms with Crippen molar-refractivity contribution in [1.82, 2.24) is 4.98 Å². The highest BCUT2D eigenvalue weighted by Crippen LogP contribution is 2.45. The fraction of sp³-hybridized carbons (Fsp3) is 0.583. The minimum atomic E-state index is -0.301. The molecule has 0 spiro atoms. The Labute approximate surface area is 89.7 Å². The van der Waals surface area contributed by atoms with Crippen LogP contribution in [0.4, 0.5) is 4.39 Å². The van der Waals surface area contributed by atoms with Crippen LogP contribution in [0.25, 0.3) is 0 Å². The van der Waals surface area contributed by atoms with Gasteiger partial charge >= 0.3 is 0 Å². The van der Waals surface area contributed by atoms with E-state index in [1.165, 1.54) is 25.1 Å². The average Bonchev–Trinajstić information content (AvgIpc) is 2.65. The van der Waals surface area contributed by atoms with Gasteiger partial charge in [0.2, 0.25) is 0 Å².